The van der Waals surface area contributed by atoms with Crippen LogP contribution in [0.25, 0.3) is 0 Å². The van der Waals surface area contributed by atoms with Crippen LogP contribution < -0.4 is 11.1 Å². The van der Waals surface area contributed by atoms with Gasteiger partial charge in [-0.25, -0.2) is 0 Å². The molecule has 1 aliphatic rings. The molecule has 4 nitrogen and oxygen atoms in total. The van der Waals surface area contributed by atoms with Crippen LogP contribution in [-0.4, -0.2) is 30.7 Å². The largest absolute Gasteiger partial charge is 0.374 e. The Hall–Kier alpha value is -0.610. The smallest absolute Gasteiger partial charge is 0.220 e. The van der Waals surface area contributed by atoms with Gasteiger partial charge in [-0.2, -0.15) is 0 Å². The summed E-state index contributed by atoms with van der Waals surface area (Å²) in [6, 6.07) is 0.288. The number of rotatable bonds is 6. The molecule has 1 rings (SSSR count). The van der Waals surface area contributed by atoms with Crippen LogP contribution in [0.3, 0.4) is 0 Å². The minimum absolute atomic E-state index is 0.127. The number of nitrogens with one attached hydrogen (secondary N) is 1. The Morgan fingerprint density at radius 2 is 2.17 bits per heavy atom. The molecule has 0 bridgehead atoms. The van der Waals surface area contributed by atoms with Crippen LogP contribution in [0.15, 0.2) is 0 Å². The van der Waals surface area contributed by atoms with Crippen molar-refractivity contribution in [3.05, 3.63) is 0 Å². The zero-order valence-corrected chi connectivity index (χ0v) is 12.0. The molecule has 1 saturated carbocycles. The molecule has 0 radical (unpaired) electrons. The summed E-state index contributed by atoms with van der Waals surface area (Å²) in [5.74, 6) is 0.589. The summed E-state index contributed by atoms with van der Waals surface area (Å²) in [5.41, 5.74) is 5.65. The second kappa shape index (κ2) is 7.10. The summed E-state index contributed by atoms with van der Waals surface area (Å²) >= 11 is 0. The maximum atomic E-state index is 11.9. The molecule has 0 spiro atoms. The van der Waals surface area contributed by atoms with E-state index in [0.29, 0.717) is 25.5 Å². The minimum Gasteiger partial charge on any atom is -0.374 e. The van der Waals surface area contributed by atoms with E-state index in [0.717, 1.165) is 25.7 Å². The van der Waals surface area contributed by atoms with Crippen LogP contribution in [0.2, 0.25) is 0 Å². The molecule has 106 valence electrons. The molecule has 18 heavy (non-hydrogen) atoms. The lowest BCUT2D eigenvalue weighted by molar-refractivity contribution is -0.123. The maximum Gasteiger partial charge on any atom is 0.220 e. The van der Waals surface area contributed by atoms with Crippen molar-refractivity contribution >= 4 is 5.91 Å². The Bertz CT molecular complexity index is 267. The zero-order valence-electron chi connectivity index (χ0n) is 12.0. The van der Waals surface area contributed by atoms with Crippen molar-refractivity contribution in [1.82, 2.24) is 5.32 Å². The van der Waals surface area contributed by atoms with Gasteiger partial charge in [0.2, 0.25) is 5.91 Å². The van der Waals surface area contributed by atoms with E-state index < -0.39 is 0 Å². The molecule has 0 saturated heterocycles. The highest BCUT2D eigenvalue weighted by molar-refractivity contribution is 5.76. The molecule has 1 fully saturated rings. The van der Waals surface area contributed by atoms with Gasteiger partial charge in [-0.15, -0.1) is 0 Å². The van der Waals surface area contributed by atoms with Crippen LogP contribution in [0.1, 0.15) is 52.9 Å². The first-order valence-corrected chi connectivity index (χ1v) is 7.09. The molecule has 2 unspecified atom stereocenters. The molecular formula is C14H28N2O2. The van der Waals surface area contributed by atoms with Gasteiger partial charge in [0.15, 0.2) is 0 Å². The van der Waals surface area contributed by atoms with Crippen LogP contribution in [0.4, 0.5) is 0 Å². The van der Waals surface area contributed by atoms with Crippen molar-refractivity contribution < 1.29 is 9.53 Å². The topological polar surface area (TPSA) is 64.3 Å². The van der Waals surface area contributed by atoms with Crippen LogP contribution in [-0.2, 0) is 9.53 Å². The fourth-order valence-electron chi connectivity index (χ4n) is 2.61. The predicted octanol–water partition coefficient (Wildman–Crippen LogP) is 1.83. The maximum absolute atomic E-state index is 11.9. The van der Waals surface area contributed by atoms with Crippen molar-refractivity contribution in [3.63, 3.8) is 0 Å². The van der Waals surface area contributed by atoms with E-state index in [1.165, 1.54) is 0 Å². The Morgan fingerprint density at radius 3 is 2.78 bits per heavy atom. The van der Waals surface area contributed by atoms with Gasteiger partial charge in [0.1, 0.15) is 0 Å². The van der Waals surface area contributed by atoms with Crippen molar-refractivity contribution in [3.8, 4) is 0 Å². The molecule has 0 aromatic rings. The number of carbonyl (C=O) groups excluding carboxylic acids is 1. The molecule has 1 amide bonds. The Balaban J connectivity index is 2.24. The minimum atomic E-state index is -0.284. The third-order valence-corrected chi connectivity index (χ3v) is 3.54. The SMILES string of the molecule is CCOC(C)(C)CNC(=O)CC1CCCC(N)C1. The number of carbonyl (C=O) groups is 1. The summed E-state index contributed by atoms with van der Waals surface area (Å²) in [7, 11) is 0. The number of nitrogens with two attached hydrogens (primary N) is 1. The molecular weight excluding hydrogens is 228 g/mol. The van der Waals surface area contributed by atoms with E-state index in [1.807, 2.05) is 20.8 Å². The van der Waals surface area contributed by atoms with Crippen LogP contribution >= 0.6 is 0 Å². The highest BCUT2D eigenvalue weighted by atomic mass is 16.5. The molecule has 4 heteroatoms. The van der Waals surface area contributed by atoms with Crippen molar-refractivity contribution in [2.24, 2.45) is 11.7 Å². The van der Waals surface area contributed by atoms with Gasteiger partial charge in [-0.3, -0.25) is 4.79 Å². The molecule has 0 heterocycles. The molecule has 0 aromatic heterocycles. The molecule has 3 N–H and O–H groups in total. The van der Waals surface area contributed by atoms with E-state index in [4.69, 9.17) is 10.5 Å². The summed E-state index contributed by atoms with van der Waals surface area (Å²) < 4.78 is 5.55. The second-order valence-corrected chi connectivity index (χ2v) is 5.97. The van der Waals surface area contributed by atoms with E-state index >= 15 is 0 Å². The lowest BCUT2D eigenvalue weighted by Gasteiger charge is -2.28. The zero-order chi connectivity index (χ0) is 13.6. The van der Waals surface area contributed by atoms with Crippen molar-refractivity contribution in [1.29, 1.82) is 0 Å². The number of amides is 1. The van der Waals surface area contributed by atoms with Crippen LogP contribution in [0, 0.1) is 5.92 Å². The lowest BCUT2D eigenvalue weighted by Crippen LogP contribution is -2.41. The summed E-state index contributed by atoms with van der Waals surface area (Å²) in [6.45, 7) is 7.19. The predicted molar refractivity (Wildman–Crippen MR) is 73.3 cm³/mol. The van der Waals surface area contributed by atoms with Crippen molar-refractivity contribution in [2.75, 3.05) is 13.2 Å². The average molecular weight is 256 g/mol. The highest BCUT2D eigenvalue weighted by Crippen LogP contribution is 2.25. The summed E-state index contributed by atoms with van der Waals surface area (Å²) in [6.07, 6.45) is 4.99. The summed E-state index contributed by atoms with van der Waals surface area (Å²) in [4.78, 5) is 11.9. The molecule has 2 atom stereocenters. The van der Waals surface area contributed by atoms with Gasteiger partial charge < -0.3 is 15.8 Å². The quantitative estimate of drug-likeness (QED) is 0.762. The first-order chi connectivity index (χ1) is 8.43. The molecule has 0 aliphatic heterocycles. The molecule has 0 aromatic carbocycles. The third-order valence-electron chi connectivity index (χ3n) is 3.54. The lowest BCUT2D eigenvalue weighted by atomic mass is 9.84. The van der Waals surface area contributed by atoms with Gasteiger partial charge >= 0.3 is 0 Å². The normalized spacial score (nSPS) is 24.9. The third kappa shape index (κ3) is 5.83. The monoisotopic (exact) mass is 256 g/mol. The van der Waals surface area contributed by atoms with E-state index in [9.17, 15) is 4.79 Å². The average Bonchev–Trinajstić information content (AvgIpc) is 2.26. The number of ether oxygens (including phenoxy) is 1. The van der Waals surface area contributed by atoms with Gasteiger partial charge in [-0.1, -0.05) is 6.42 Å². The fourth-order valence-corrected chi connectivity index (χ4v) is 2.61. The van der Waals surface area contributed by atoms with E-state index in [-0.39, 0.29) is 17.6 Å². The van der Waals surface area contributed by atoms with Gasteiger partial charge in [-0.05, 0) is 46.0 Å². The summed E-state index contributed by atoms with van der Waals surface area (Å²) in [5, 5.41) is 2.97. The van der Waals surface area contributed by atoms with Gasteiger partial charge in [0.05, 0.1) is 5.60 Å². The van der Waals surface area contributed by atoms with E-state index in [1.54, 1.807) is 0 Å². The van der Waals surface area contributed by atoms with Crippen LogP contribution in [0.5, 0.6) is 0 Å². The molecule has 1 aliphatic carbocycles. The highest BCUT2D eigenvalue weighted by Gasteiger charge is 2.23. The number of hydrogen-bond acceptors (Lipinski definition) is 3. The van der Waals surface area contributed by atoms with Gasteiger partial charge in [0.25, 0.3) is 0 Å². The van der Waals surface area contributed by atoms with Gasteiger partial charge in [0, 0.05) is 25.6 Å². The first kappa shape index (κ1) is 15.4. The Morgan fingerprint density at radius 1 is 1.44 bits per heavy atom. The first-order valence-electron chi connectivity index (χ1n) is 7.09. The Labute approximate surface area is 111 Å². The van der Waals surface area contributed by atoms with E-state index in [2.05, 4.69) is 5.32 Å². The number of hydrogen-bond donors (Lipinski definition) is 2. The standard InChI is InChI=1S/C14H28N2O2/c1-4-18-14(2,3)10-16-13(17)9-11-6-5-7-12(15)8-11/h11-12H,4-10,15H2,1-3H3,(H,16,17). The second-order valence-electron chi connectivity index (χ2n) is 5.97. The van der Waals surface area contributed by atoms with Crippen molar-refractivity contribution in [2.45, 2.75) is 64.5 Å². The Kier molecular flexibility index (Phi) is 6.09. The fraction of sp³-hybridized carbons (Fsp3) is 0.929.